The third-order valence-corrected chi connectivity index (χ3v) is 6.31. The summed E-state index contributed by atoms with van der Waals surface area (Å²) in [4.78, 5) is 31.5. The lowest BCUT2D eigenvalue weighted by Crippen LogP contribution is -2.48. The van der Waals surface area contributed by atoms with Gasteiger partial charge in [0.15, 0.2) is 12.2 Å². The highest BCUT2D eigenvalue weighted by atomic mass is 16.5. The number of piperidine rings is 1. The normalized spacial score (nSPS) is 13.9. The molecule has 0 aliphatic carbocycles. The summed E-state index contributed by atoms with van der Waals surface area (Å²) in [5.74, 6) is -0.167. The maximum absolute atomic E-state index is 12.6. The first-order chi connectivity index (χ1) is 17.7. The quantitative estimate of drug-likeness (QED) is 0.387. The molecule has 1 fully saturated rings. The molecule has 0 unspecified atom stereocenters. The molecule has 1 aliphatic rings. The Morgan fingerprint density at radius 1 is 0.917 bits per heavy atom. The largest absolute Gasteiger partial charge is 0.483 e. The number of benzene rings is 3. The molecule has 1 saturated heterocycles. The molecule has 1 aliphatic heterocycles. The summed E-state index contributed by atoms with van der Waals surface area (Å²) < 4.78 is 11.6. The topological polar surface area (TPSA) is 96.7 Å². The molecule has 2 amide bonds. The number of carbonyl (C=O) groups excluding carboxylic acids is 2. The van der Waals surface area contributed by atoms with Crippen molar-refractivity contribution in [2.45, 2.75) is 19.3 Å². The van der Waals surface area contributed by atoms with Gasteiger partial charge in [0.1, 0.15) is 11.3 Å². The van der Waals surface area contributed by atoms with Gasteiger partial charge in [-0.1, -0.05) is 60.7 Å². The molecule has 0 saturated carbocycles. The van der Waals surface area contributed by atoms with Crippen molar-refractivity contribution in [3.05, 3.63) is 90.0 Å². The van der Waals surface area contributed by atoms with Crippen molar-refractivity contribution in [3.8, 4) is 5.75 Å². The summed E-state index contributed by atoms with van der Waals surface area (Å²) >= 11 is 0. The third-order valence-electron chi connectivity index (χ3n) is 6.31. The molecule has 2 heterocycles. The molecule has 0 atom stereocenters. The van der Waals surface area contributed by atoms with Gasteiger partial charge in [0, 0.05) is 25.4 Å². The molecular weight excluding hydrogens is 456 g/mol. The monoisotopic (exact) mass is 484 g/mol. The maximum atomic E-state index is 12.6. The van der Waals surface area contributed by atoms with Gasteiger partial charge in [-0.25, -0.2) is 0 Å². The van der Waals surface area contributed by atoms with Gasteiger partial charge in [-0.15, -0.1) is 0 Å². The fraction of sp³-hybridized carbons (Fsp3) is 0.250. The molecule has 0 radical (unpaired) electrons. The molecule has 184 valence electrons. The number of ether oxygens (including phenoxy) is 1. The first-order valence-corrected chi connectivity index (χ1v) is 12.1. The molecule has 3 aromatic carbocycles. The summed E-state index contributed by atoms with van der Waals surface area (Å²) in [6.45, 7) is 1.11. The van der Waals surface area contributed by atoms with Crippen molar-refractivity contribution in [1.82, 2.24) is 15.8 Å². The predicted octanol–water partition coefficient (Wildman–Crippen LogP) is 3.86. The summed E-state index contributed by atoms with van der Waals surface area (Å²) in [5.41, 5.74) is 8.74. The fourth-order valence-corrected chi connectivity index (χ4v) is 4.35. The van der Waals surface area contributed by atoms with Gasteiger partial charge in [-0.05, 0) is 42.2 Å². The Kier molecular flexibility index (Phi) is 7.12. The van der Waals surface area contributed by atoms with Crippen LogP contribution in [0.1, 0.15) is 24.0 Å². The molecular formula is C28H28N4O4. The van der Waals surface area contributed by atoms with Crippen molar-refractivity contribution in [1.29, 1.82) is 0 Å². The highest BCUT2D eigenvalue weighted by Crippen LogP contribution is 2.26. The molecule has 1 aromatic heterocycles. The number of fused-ring (bicyclic) bond motifs is 1. The van der Waals surface area contributed by atoms with Crippen molar-refractivity contribution < 1.29 is 18.7 Å². The molecule has 2 N–H and O–H groups in total. The Labute approximate surface area is 209 Å². The minimum Gasteiger partial charge on any atom is -0.483 e. The lowest BCUT2D eigenvalue weighted by Gasteiger charge is -2.30. The van der Waals surface area contributed by atoms with Crippen LogP contribution in [0.25, 0.3) is 11.1 Å². The predicted molar refractivity (Wildman–Crippen MR) is 136 cm³/mol. The molecule has 8 nitrogen and oxygen atoms in total. The Hall–Kier alpha value is -4.33. The zero-order chi connectivity index (χ0) is 24.7. The van der Waals surface area contributed by atoms with E-state index >= 15 is 0 Å². The van der Waals surface area contributed by atoms with Crippen LogP contribution in [-0.4, -0.2) is 36.5 Å². The minimum atomic E-state index is -0.415. The number of nitrogens with one attached hydrogen (secondary N) is 2. The number of hydrogen-bond acceptors (Lipinski definition) is 6. The molecule has 5 rings (SSSR count). The van der Waals surface area contributed by atoms with Gasteiger partial charge in [0.25, 0.3) is 11.9 Å². The van der Waals surface area contributed by atoms with Gasteiger partial charge < -0.3 is 14.1 Å². The highest BCUT2D eigenvalue weighted by Gasteiger charge is 2.27. The van der Waals surface area contributed by atoms with Crippen LogP contribution >= 0.6 is 0 Å². The van der Waals surface area contributed by atoms with Crippen LogP contribution < -0.4 is 20.5 Å². The Bertz CT molecular complexity index is 1300. The summed E-state index contributed by atoms with van der Waals surface area (Å²) in [6, 6.07) is 25.9. The van der Waals surface area contributed by atoms with E-state index in [1.807, 2.05) is 71.6 Å². The zero-order valence-electron chi connectivity index (χ0n) is 19.9. The van der Waals surface area contributed by atoms with E-state index in [1.165, 1.54) is 0 Å². The first-order valence-electron chi connectivity index (χ1n) is 12.1. The zero-order valence-corrected chi connectivity index (χ0v) is 19.9. The minimum absolute atomic E-state index is 0.192. The van der Waals surface area contributed by atoms with Gasteiger partial charge in [0.2, 0.25) is 5.91 Å². The van der Waals surface area contributed by atoms with Gasteiger partial charge in [-0.2, -0.15) is 4.98 Å². The standard InChI is InChI=1S/C28H28N4O4/c33-26(19-35-24-12-6-4-10-22(24)18-20-8-2-1-3-9-20)30-31-27(34)21-14-16-32(17-15-21)28-29-23-11-5-7-13-25(23)36-28/h1-13,21H,14-19H2,(H,30,33)(H,31,34). The van der Waals surface area contributed by atoms with Crippen LogP contribution in [0.4, 0.5) is 6.01 Å². The van der Waals surface area contributed by atoms with Gasteiger partial charge in [0.05, 0.1) is 0 Å². The number of anilines is 1. The SMILES string of the molecule is O=C(COc1ccccc1Cc1ccccc1)NNC(=O)C1CCN(c2nc3ccccc3o2)CC1. The van der Waals surface area contributed by atoms with E-state index in [4.69, 9.17) is 9.15 Å². The fourth-order valence-electron chi connectivity index (χ4n) is 4.35. The van der Waals surface area contributed by atoms with Crippen molar-refractivity contribution in [2.75, 3.05) is 24.6 Å². The number of para-hydroxylation sites is 3. The Balaban J connectivity index is 1.07. The number of rotatable bonds is 7. The second-order valence-electron chi connectivity index (χ2n) is 8.82. The van der Waals surface area contributed by atoms with Crippen LogP contribution in [0.5, 0.6) is 5.75 Å². The van der Waals surface area contributed by atoms with E-state index < -0.39 is 5.91 Å². The number of carbonyl (C=O) groups is 2. The van der Waals surface area contributed by atoms with Crippen LogP contribution in [0.15, 0.2) is 83.3 Å². The van der Waals surface area contributed by atoms with Crippen molar-refractivity contribution >= 4 is 28.9 Å². The van der Waals surface area contributed by atoms with E-state index in [0.29, 0.717) is 44.1 Å². The van der Waals surface area contributed by atoms with Crippen LogP contribution in [0.2, 0.25) is 0 Å². The Morgan fingerprint density at radius 2 is 1.64 bits per heavy atom. The average Bonchev–Trinajstić information content (AvgIpc) is 3.36. The lowest BCUT2D eigenvalue weighted by atomic mass is 9.96. The molecule has 36 heavy (non-hydrogen) atoms. The van der Waals surface area contributed by atoms with Gasteiger partial charge in [-0.3, -0.25) is 20.4 Å². The highest BCUT2D eigenvalue weighted by molar-refractivity contribution is 5.84. The number of nitrogens with zero attached hydrogens (tertiary/aromatic N) is 2. The lowest BCUT2D eigenvalue weighted by molar-refractivity contribution is -0.132. The maximum Gasteiger partial charge on any atom is 0.298 e. The van der Waals surface area contributed by atoms with Crippen LogP contribution in [0, 0.1) is 5.92 Å². The van der Waals surface area contributed by atoms with Crippen LogP contribution in [0.3, 0.4) is 0 Å². The summed E-state index contributed by atoms with van der Waals surface area (Å²) in [7, 11) is 0. The number of hydrazine groups is 1. The first kappa shape index (κ1) is 23.4. The smallest absolute Gasteiger partial charge is 0.298 e. The van der Waals surface area contributed by atoms with E-state index in [0.717, 1.165) is 22.2 Å². The molecule has 0 bridgehead atoms. The number of aromatic nitrogens is 1. The van der Waals surface area contributed by atoms with Gasteiger partial charge >= 0.3 is 0 Å². The summed E-state index contributed by atoms with van der Waals surface area (Å²) in [5, 5.41) is 0. The Morgan fingerprint density at radius 3 is 2.44 bits per heavy atom. The van der Waals surface area contributed by atoms with Crippen molar-refractivity contribution in [2.24, 2.45) is 5.92 Å². The summed E-state index contributed by atoms with van der Waals surface area (Å²) in [6.07, 6.45) is 1.99. The van der Waals surface area contributed by atoms with E-state index in [1.54, 1.807) is 0 Å². The molecule has 0 spiro atoms. The molecule has 4 aromatic rings. The van der Waals surface area contributed by atoms with Crippen LogP contribution in [-0.2, 0) is 16.0 Å². The van der Waals surface area contributed by atoms with E-state index in [2.05, 4.69) is 28.0 Å². The third kappa shape index (κ3) is 5.66. The van der Waals surface area contributed by atoms with E-state index in [-0.39, 0.29) is 18.4 Å². The molecule has 8 heteroatoms. The average molecular weight is 485 g/mol. The number of amides is 2. The second kappa shape index (κ2) is 10.9. The number of hydrogen-bond donors (Lipinski definition) is 2. The van der Waals surface area contributed by atoms with E-state index in [9.17, 15) is 9.59 Å². The second-order valence-corrected chi connectivity index (χ2v) is 8.82. The van der Waals surface area contributed by atoms with Crippen molar-refractivity contribution in [3.63, 3.8) is 0 Å². The number of oxazole rings is 1.